The van der Waals surface area contributed by atoms with Crippen LogP contribution in [0.5, 0.6) is 0 Å². The molecule has 1 N–H and O–H groups in total. The van der Waals surface area contributed by atoms with Gasteiger partial charge in [-0.05, 0) is 49.6 Å². The van der Waals surface area contributed by atoms with Crippen molar-refractivity contribution in [1.29, 1.82) is 0 Å². The molecule has 0 atom stereocenters. The van der Waals surface area contributed by atoms with Gasteiger partial charge in [-0.1, -0.05) is 23.7 Å². The third-order valence-electron chi connectivity index (χ3n) is 5.43. The summed E-state index contributed by atoms with van der Waals surface area (Å²) in [5, 5.41) is 14.8. The van der Waals surface area contributed by atoms with Gasteiger partial charge in [0.25, 0.3) is 5.69 Å². The van der Waals surface area contributed by atoms with E-state index in [0.717, 1.165) is 37.4 Å². The van der Waals surface area contributed by atoms with E-state index in [1.165, 1.54) is 11.6 Å². The SMILES string of the molecule is Cc1ccc(Cl)cc1N1CCN(CC(=O)Nc2c([N+](=O)[O-])ccc(C)c2C)CC1. The standard InChI is InChI=1S/C21H25ClN4O3/c1-14-5-7-18(26(28)29)21(16(14)3)23-20(27)13-24-8-10-25(11-9-24)19-12-17(22)6-4-15(19)2/h4-7,12H,8-11,13H2,1-3H3,(H,23,27). The molecule has 0 aromatic heterocycles. The Morgan fingerprint density at radius 2 is 1.76 bits per heavy atom. The number of hydrogen-bond acceptors (Lipinski definition) is 5. The van der Waals surface area contributed by atoms with Crippen molar-refractivity contribution in [1.82, 2.24) is 4.90 Å². The van der Waals surface area contributed by atoms with Gasteiger partial charge in [-0.25, -0.2) is 0 Å². The highest BCUT2D eigenvalue weighted by Crippen LogP contribution is 2.30. The molecular formula is C21H25ClN4O3. The molecule has 1 heterocycles. The minimum absolute atomic E-state index is 0.0808. The van der Waals surface area contributed by atoms with Crippen LogP contribution >= 0.6 is 11.6 Å². The fourth-order valence-corrected chi connectivity index (χ4v) is 3.73. The van der Waals surface area contributed by atoms with Crippen molar-refractivity contribution in [3.8, 4) is 0 Å². The predicted molar refractivity (Wildman–Crippen MR) is 116 cm³/mol. The third kappa shape index (κ3) is 4.86. The second-order valence-electron chi connectivity index (χ2n) is 7.40. The lowest BCUT2D eigenvalue weighted by Crippen LogP contribution is -2.48. The normalized spacial score (nSPS) is 14.7. The Kier molecular flexibility index (Phi) is 6.39. The second-order valence-corrected chi connectivity index (χ2v) is 7.84. The second kappa shape index (κ2) is 8.80. The fourth-order valence-electron chi connectivity index (χ4n) is 3.56. The number of benzene rings is 2. The zero-order valence-electron chi connectivity index (χ0n) is 16.9. The quantitative estimate of drug-likeness (QED) is 0.590. The van der Waals surface area contributed by atoms with E-state index in [0.29, 0.717) is 10.6 Å². The van der Waals surface area contributed by atoms with Crippen molar-refractivity contribution in [2.45, 2.75) is 20.8 Å². The van der Waals surface area contributed by atoms with Gasteiger partial charge in [-0.2, -0.15) is 0 Å². The van der Waals surface area contributed by atoms with Crippen LogP contribution in [0.15, 0.2) is 30.3 Å². The first-order chi connectivity index (χ1) is 13.8. The van der Waals surface area contributed by atoms with Gasteiger partial charge in [0.15, 0.2) is 0 Å². The lowest BCUT2D eigenvalue weighted by molar-refractivity contribution is -0.384. The smallest absolute Gasteiger partial charge is 0.293 e. The topological polar surface area (TPSA) is 78.7 Å². The summed E-state index contributed by atoms with van der Waals surface area (Å²) in [5.74, 6) is -0.241. The highest BCUT2D eigenvalue weighted by Gasteiger charge is 2.23. The van der Waals surface area contributed by atoms with Gasteiger partial charge >= 0.3 is 0 Å². The van der Waals surface area contributed by atoms with Gasteiger partial charge < -0.3 is 10.2 Å². The number of amides is 1. The molecule has 8 heteroatoms. The Hall–Kier alpha value is -2.64. The molecule has 1 saturated heterocycles. The molecule has 0 radical (unpaired) electrons. The van der Waals surface area contributed by atoms with Crippen LogP contribution in [0.25, 0.3) is 0 Å². The Morgan fingerprint density at radius 1 is 1.10 bits per heavy atom. The summed E-state index contributed by atoms with van der Waals surface area (Å²) in [5.41, 5.74) is 4.11. The molecule has 2 aromatic carbocycles. The molecule has 0 saturated carbocycles. The number of carbonyl (C=O) groups is 1. The van der Waals surface area contributed by atoms with Crippen LogP contribution in [0.4, 0.5) is 17.1 Å². The van der Waals surface area contributed by atoms with Crippen LogP contribution in [-0.4, -0.2) is 48.5 Å². The molecular weight excluding hydrogens is 392 g/mol. The van der Waals surface area contributed by atoms with Crippen molar-refractivity contribution >= 4 is 34.6 Å². The summed E-state index contributed by atoms with van der Waals surface area (Å²) in [4.78, 5) is 27.7. The molecule has 0 unspecified atom stereocenters. The van der Waals surface area contributed by atoms with Gasteiger partial charge in [-0.15, -0.1) is 0 Å². The molecule has 1 amide bonds. The molecule has 2 aromatic rings. The maximum atomic E-state index is 12.6. The largest absolute Gasteiger partial charge is 0.369 e. The highest BCUT2D eigenvalue weighted by atomic mass is 35.5. The molecule has 1 aliphatic heterocycles. The van der Waals surface area contributed by atoms with Gasteiger partial charge in [0, 0.05) is 43.0 Å². The number of nitrogens with zero attached hydrogens (tertiary/aromatic N) is 3. The van der Waals surface area contributed by atoms with Crippen molar-refractivity contribution < 1.29 is 9.72 Å². The number of halogens is 1. The molecule has 0 aliphatic carbocycles. The average molecular weight is 417 g/mol. The highest BCUT2D eigenvalue weighted by molar-refractivity contribution is 6.30. The zero-order valence-corrected chi connectivity index (χ0v) is 17.6. The number of nitro groups is 1. The lowest BCUT2D eigenvalue weighted by Gasteiger charge is -2.36. The first-order valence-corrected chi connectivity index (χ1v) is 9.92. The monoisotopic (exact) mass is 416 g/mol. The van der Waals surface area contributed by atoms with E-state index < -0.39 is 4.92 Å². The molecule has 1 fully saturated rings. The van der Waals surface area contributed by atoms with Crippen molar-refractivity contribution in [2.24, 2.45) is 0 Å². The summed E-state index contributed by atoms with van der Waals surface area (Å²) in [7, 11) is 0. The molecule has 0 bridgehead atoms. The Morgan fingerprint density at radius 3 is 2.41 bits per heavy atom. The van der Waals surface area contributed by atoms with E-state index in [4.69, 9.17) is 11.6 Å². The minimum Gasteiger partial charge on any atom is -0.369 e. The first kappa shape index (κ1) is 21.1. The van der Waals surface area contributed by atoms with Crippen molar-refractivity contribution in [3.05, 3.63) is 62.2 Å². The molecule has 154 valence electrons. The van der Waals surface area contributed by atoms with Crippen molar-refractivity contribution in [3.63, 3.8) is 0 Å². The van der Waals surface area contributed by atoms with Crippen molar-refractivity contribution in [2.75, 3.05) is 42.9 Å². The van der Waals surface area contributed by atoms with Crippen LogP contribution in [0.1, 0.15) is 16.7 Å². The number of rotatable bonds is 5. The van der Waals surface area contributed by atoms with Gasteiger partial charge in [-0.3, -0.25) is 19.8 Å². The zero-order chi connectivity index (χ0) is 21.1. The third-order valence-corrected chi connectivity index (χ3v) is 5.66. The Labute approximate surface area is 175 Å². The minimum atomic E-state index is -0.464. The van der Waals surface area contributed by atoms with Gasteiger partial charge in [0.05, 0.1) is 11.5 Å². The number of anilines is 2. The van der Waals surface area contributed by atoms with Crippen LogP contribution < -0.4 is 10.2 Å². The summed E-state index contributed by atoms with van der Waals surface area (Å²) in [6, 6.07) is 8.99. The van der Waals surface area contributed by atoms with E-state index in [2.05, 4.69) is 22.0 Å². The van der Waals surface area contributed by atoms with Crippen LogP contribution in [-0.2, 0) is 4.79 Å². The maximum absolute atomic E-state index is 12.6. The molecule has 29 heavy (non-hydrogen) atoms. The van der Waals surface area contributed by atoms with E-state index in [1.54, 1.807) is 13.0 Å². The van der Waals surface area contributed by atoms with E-state index >= 15 is 0 Å². The number of piperazine rings is 1. The number of hydrogen-bond donors (Lipinski definition) is 1. The molecule has 3 rings (SSSR count). The number of aryl methyl sites for hydroxylation is 2. The number of nitro benzene ring substituents is 1. The Balaban J connectivity index is 1.62. The summed E-state index contributed by atoms with van der Waals surface area (Å²) < 4.78 is 0. The summed E-state index contributed by atoms with van der Waals surface area (Å²) in [6.45, 7) is 8.95. The maximum Gasteiger partial charge on any atom is 0.293 e. The van der Waals surface area contributed by atoms with Gasteiger partial charge in [0.2, 0.25) is 5.91 Å². The predicted octanol–water partition coefficient (Wildman–Crippen LogP) is 3.93. The van der Waals surface area contributed by atoms with E-state index in [9.17, 15) is 14.9 Å². The fraction of sp³-hybridized carbons (Fsp3) is 0.381. The number of nitrogens with one attached hydrogen (secondary N) is 1. The first-order valence-electron chi connectivity index (χ1n) is 9.54. The van der Waals surface area contributed by atoms with E-state index in [1.807, 2.05) is 25.1 Å². The summed E-state index contributed by atoms with van der Waals surface area (Å²) >= 11 is 6.13. The summed E-state index contributed by atoms with van der Waals surface area (Å²) in [6.07, 6.45) is 0. The van der Waals surface area contributed by atoms with Gasteiger partial charge in [0.1, 0.15) is 5.69 Å². The average Bonchev–Trinajstić information content (AvgIpc) is 2.68. The molecule has 0 spiro atoms. The van der Waals surface area contributed by atoms with Crippen LogP contribution in [0, 0.1) is 30.9 Å². The molecule has 7 nitrogen and oxygen atoms in total. The molecule has 1 aliphatic rings. The Bertz CT molecular complexity index is 940. The van der Waals surface area contributed by atoms with Crippen LogP contribution in [0.2, 0.25) is 5.02 Å². The number of carbonyl (C=O) groups excluding carboxylic acids is 1. The van der Waals surface area contributed by atoms with Crippen LogP contribution in [0.3, 0.4) is 0 Å². The van der Waals surface area contributed by atoms with E-state index in [-0.39, 0.29) is 23.8 Å². The lowest BCUT2D eigenvalue weighted by atomic mass is 10.1.